The lowest BCUT2D eigenvalue weighted by Gasteiger charge is -2.08. The van der Waals surface area contributed by atoms with Crippen LogP contribution in [-0.2, 0) is 19.1 Å². The lowest BCUT2D eigenvalue weighted by Crippen LogP contribution is -2.33. The predicted molar refractivity (Wildman–Crippen MR) is 100 cm³/mol. The van der Waals surface area contributed by atoms with Crippen LogP contribution in [0, 0.1) is 0 Å². The van der Waals surface area contributed by atoms with Gasteiger partial charge in [-0.2, -0.15) is 0 Å². The van der Waals surface area contributed by atoms with Gasteiger partial charge in [0, 0.05) is 5.56 Å². The van der Waals surface area contributed by atoms with Crippen molar-refractivity contribution in [2.24, 2.45) is 0 Å². The number of carbonyl (C=O) groups excluding carboxylic acids is 3. The number of fused-ring (bicyclic) bond motifs is 1. The van der Waals surface area contributed by atoms with Crippen LogP contribution < -0.4 is 5.32 Å². The highest BCUT2D eigenvalue weighted by Crippen LogP contribution is 2.32. The van der Waals surface area contributed by atoms with Crippen LogP contribution in [-0.4, -0.2) is 43.1 Å². The summed E-state index contributed by atoms with van der Waals surface area (Å²) in [7, 11) is 1.22. The lowest BCUT2D eigenvalue weighted by molar-refractivity contribution is -0.141. The van der Waals surface area contributed by atoms with Crippen LogP contribution in [0.15, 0.2) is 48.5 Å². The Morgan fingerprint density at radius 2 is 1.81 bits per heavy atom. The minimum atomic E-state index is -0.641. The molecule has 0 unspecified atom stereocenters. The Labute approximate surface area is 158 Å². The number of rotatable bonds is 6. The molecule has 0 radical (unpaired) electrons. The van der Waals surface area contributed by atoms with E-state index in [4.69, 9.17) is 4.74 Å². The van der Waals surface area contributed by atoms with E-state index in [0.717, 1.165) is 10.2 Å². The van der Waals surface area contributed by atoms with Crippen LogP contribution in [0.2, 0.25) is 0 Å². The van der Waals surface area contributed by atoms with Crippen LogP contribution in [0.5, 0.6) is 0 Å². The van der Waals surface area contributed by atoms with Gasteiger partial charge in [-0.3, -0.25) is 9.59 Å². The molecule has 7 nitrogen and oxygen atoms in total. The van der Waals surface area contributed by atoms with Gasteiger partial charge in [-0.1, -0.05) is 30.3 Å². The first-order chi connectivity index (χ1) is 13.1. The number of thiazole rings is 1. The molecule has 0 saturated heterocycles. The van der Waals surface area contributed by atoms with E-state index in [1.165, 1.54) is 18.4 Å². The van der Waals surface area contributed by atoms with Gasteiger partial charge in [-0.25, -0.2) is 9.78 Å². The Morgan fingerprint density at radius 3 is 2.59 bits per heavy atom. The summed E-state index contributed by atoms with van der Waals surface area (Å²) in [5, 5.41) is 3.00. The average molecular weight is 384 g/mol. The van der Waals surface area contributed by atoms with Gasteiger partial charge < -0.3 is 14.8 Å². The van der Waals surface area contributed by atoms with Crippen LogP contribution in [0.1, 0.15) is 10.4 Å². The highest BCUT2D eigenvalue weighted by molar-refractivity contribution is 7.21. The van der Waals surface area contributed by atoms with E-state index >= 15 is 0 Å². The number of amides is 1. The minimum absolute atomic E-state index is 0.283. The summed E-state index contributed by atoms with van der Waals surface area (Å²) in [4.78, 5) is 39.7. The van der Waals surface area contributed by atoms with Gasteiger partial charge in [0.05, 0.1) is 22.9 Å². The Balaban J connectivity index is 1.72. The number of nitrogens with zero attached hydrogens (tertiary/aromatic N) is 1. The molecule has 0 aliphatic heterocycles. The molecule has 138 valence electrons. The summed E-state index contributed by atoms with van der Waals surface area (Å²) in [6, 6.07) is 14.6. The zero-order valence-corrected chi connectivity index (χ0v) is 15.2. The number of esters is 2. The molecule has 1 amide bonds. The summed E-state index contributed by atoms with van der Waals surface area (Å²) in [5.74, 6) is -1.82. The van der Waals surface area contributed by atoms with Crippen LogP contribution >= 0.6 is 11.3 Å². The fourth-order valence-corrected chi connectivity index (χ4v) is 3.34. The second-order valence-corrected chi connectivity index (χ2v) is 6.49. The Kier molecular flexibility index (Phi) is 5.77. The largest absolute Gasteiger partial charge is 0.468 e. The molecule has 0 spiro atoms. The van der Waals surface area contributed by atoms with Gasteiger partial charge >= 0.3 is 11.9 Å². The van der Waals surface area contributed by atoms with E-state index < -0.39 is 24.5 Å². The molecule has 1 aromatic heterocycles. The number of hydrogen-bond donors (Lipinski definition) is 1. The third-order valence-electron chi connectivity index (χ3n) is 3.66. The third-order valence-corrected chi connectivity index (χ3v) is 4.73. The van der Waals surface area contributed by atoms with E-state index in [9.17, 15) is 14.4 Å². The Hall–Kier alpha value is -3.26. The lowest BCUT2D eigenvalue weighted by atomic mass is 10.1. The smallest absolute Gasteiger partial charge is 0.339 e. The molecular weight excluding hydrogens is 368 g/mol. The molecule has 2 aromatic carbocycles. The molecule has 1 heterocycles. The SMILES string of the molecule is COC(=O)CNC(=O)COC(=O)c1ccccc1-c1nc2ccccc2s1. The summed E-state index contributed by atoms with van der Waals surface area (Å²) >= 11 is 1.47. The number of benzene rings is 2. The molecule has 3 aromatic rings. The van der Waals surface area contributed by atoms with Gasteiger partial charge in [0.15, 0.2) is 6.61 Å². The van der Waals surface area contributed by atoms with Gasteiger partial charge in [0.25, 0.3) is 5.91 Å². The van der Waals surface area contributed by atoms with Gasteiger partial charge in [0.1, 0.15) is 11.6 Å². The topological polar surface area (TPSA) is 94.6 Å². The first kappa shape index (κ1) is 18.5. The first-order valence-corrected chi connectivity index (χ1v) is 8.85. The second-order valence-electron chi connectivity index (χ2n) is 5.46. The number of aromatic nitrogens is 1. The Bertz CT molecular complexity index is 965. The number of ether oxygens (including phenoxy) is 2. The van der Waals surface area contributed by atoms with Gasteiger partial charge in [-0.15, -0.1) is 11.3 Å². The van der Waals surface area contributed by atoms with Crippen LogP contribution in [0.3, 0.4) is 0 Å². The quantitative estimate of drug-likeness (QED) is 0.656. The fourth-order valence-electron chi connectivity index (χ4n) is 2.34. The van der Waals surface area contributed by atoms with Crippen molar-refractivity contribution in [3.63, 3.8) is 0 Å². The average Bonchev–Trinajstić information content (AvgIpc) is 3.14. The van der Waals surface area contributed by atoms with E-state index in [0.29, 0.717) is 16.1 Å². The molecule has 0 fully saturated rings. The monoisotopic (exact) mass is 384 g/mol. The van der Waals surface area contributed by atoms with Crippen molar-refractivity contribution in [2.75, 3.05) is 20.3 Å². The van der Waals surface area contributed by atoms with Crippen molar-refractivity contribution < 1.29 is 23.9 Å². The molecule has 0 aliphatic rings. The predicted octanol–water partition coefficient (Wildman–Crippen LogP) is 2.41. The van der Waals surface area contributed by atoms with E-state index in [1.807, 2.05) is 24.3 Å². The van der Waals surface area contributed by atoms with Gasteiger partial charge in [0.2, 0.25) is 0 Å². The highest BCUT2D eigenvalue weighted by Gasteiger charge is 2.18. The maximum absolute atomic E-state index is 12.4. The number of para-hydroxylation sites is 1. The zero-order valence-electron chi connectivity index (χ0n) is 14.4. The molecule has 0 bridgehead atoms. The first-order valence-electron chi connectivity index (χ1n) is 8.04. The summed E-state index contributed by atoms with van der Waals surface area (Å²) in [5.41, 5.74) is 1.80. The van der Waals surface area contributed by atoms with Crippen LogP contribution in [0.25, 0.3) is 20.8 Å². The molecule has 1 N–H and O–H groups in total. The third kappa shape index (κ3) is 4.48. The molecular formula is C19H16N2O5S. The number of nitrogens with one attached hydrogen (secondary N) is 1. The van der Waals surface area contributed by atoms with Crippen LogP contribution in [0.4, 0.5) is 0 Å². The summed E-state index contributed by atoms with van der Waals surface area (Å²) in [6.07, 6.45) is 0. The summed E-state index contributed by atoms with van der Waals surface area (Å²) < 4.78 is 10.5. The van der Waals surface area contributed by atoms with E-state index in [-0.39, 0.29) is 6.54 Å². The van der Waals surface area contributed by atoms with Crippen molar-refractivity contribution in [1.82, 2.24) is 10.3 Å². The second kappa shape index (κ2) is 8.41. The Morgan fingerprint density at radius 1 is 1.07 bits per heavy atom. The molecule has 0 atom stereocenters. The highest BCUT2D eigenvalue weighted by atomic mass is 32.1. The van der Waals surface area contributed by atoms with Crippen molar-refractivity contribution in [3.8, 4) is 10.6 Å². The zero-order chi connectivity index (χ0) is 19.2. The number of methoxy groups -OCH3 is 1. The minimum Gasteiger partial charge on any atom is -0.468 e. The van der Waals surface area contributed by atoms with Crippen molar-refractivity contribution in [3.05, 3.63) is 54.1 Å². The fraction of sp³-hybridized carbons (Fsp3) is 0.158. The number of hydrogen-bond acceptors (Lipinski definition) is 7. The van der Waals surface area contributed by atoms with E-state index in [1.54, 1.807) is 24.3 Å². The van der Waals surface area contributed by atoms with Crippen molar-refractivity contribution >= 4 is 39.4 Å². The standard InChI is InChI=1S/C19H16N2O5S/c1-25-17(23)10-20-16(22)11-26-19(24)13-7-3-2-6-12(13)18-21-14-8-4-5-9-15(14)27-18/h2-9H,10-11H2,1H3,(H,20,22). The molecule has 0 saturated carbocycles. The number of carbonyl (C=O) groups is 3. The summed E-state index contributed by atoms with van der Waals surface area (Å²) in [6.45, 7) is -0.779. The maximum Gasteiger partial charge on any atom is 0.339 e. The molecule has 27 heavy (non-hydrogen) atoms. The van der Waals surface area contributed by atoms with Gasteiger partial charge in [-0.05, 0) is 18.2 Å². The maximum atomic E-state index is 12.4. The van der Waals surface area contributed by atoms with E-state index in [2.05, 4.69) is 15.0 Å². The molecule has 3 rings (SSSR count). The molecule has 8 heteroatoms. The normalized spacial score (nSPS) is 10.4. The molecule has 0 aliphatic carbocycles. The van der Waals surface area contributed by atoms with Crippen molar-refractivity contribution in [1.29, 1.82) is 0 Å². The van der Waals surface area contributed by atoms with Crippen molar-refractivity contribution in [2.45, 2.75) is 0 Å².